The van der Waals surface area contributed by atoms with E-state index in [1.54, 1.807) is 6.07 Å². The van der Waals surface area contributed by atoms with Gasteiger partial charge in [-0.1, -0.05) is 45.0 Å². The minimum Gasteiger partial charge on any atom is -0.366 e. The summed E-state index contributed by atoms with van der Waals surface area (Å²) in [5.74, 6) is -0.352. The molecule has 3 aliphatic heterocycles. The largest absolute Gasteiger partial charge is 0.366 e. The SMILES string of the molecule is CN1CCN(c2c(F)cccc2C2SC(CC(=O)N3CCC(n4c(=O)[nH]c5ccccc54)CC3)C(=O)N2CCC(C)(C)C)CC1.[HH]. The highest BCUT2D eigenvalue weighted by Crippen LogP contribution is 2.48. The quantitative estimate of drug-likeness (QED) is 0.388. The lowest BCUT2D eigenvalue weighted by Gasteiger charge is -2.37. The van der Waals surface area contributed by atoms with Crippen molar-refractivity contribution in [3.05, 3.63) is 64.3 Å². The highest BCUT2D eigenvalue weighted by molar-refractivity contribution is 8.01. The molecular weight excluding hydrogens is 591 g/mol. The number of fused-ring (bicyclic) bond motifs is 1. The maximum absolute atomic E-state index is 15.5. The number of amides is 2. The molecule has 0 spiro atoms. The molecule has 6 rings (SSSR count). The summed E-state index contributed by atoms with van der Waals surface area (Å²) < 4.78 is 17.3. The monoisotopic (exact) mass is 638 g/mol. The van der Waals surface area contributed by atoms with Crippen molar-refractivity contribution in [1.82, 2.24) is 24.3 Å². The van der Waals surface area contributed by atoms with Crippen LogP contribution in [0.5, 0.6) is 0 Å². The maximum atomic E-state index is 15.5. The van der Waals surface area contributed by atoms with Crippen LogP contribution >= 0.6 is 11.8 Å². The number of carbonyl (C=O) groups is 2. The fourth-order valence-electron chi connectivity index (χ4n) is 6.84. The van der Waals surface area contributed by atoms with E-state index in [2.05, 4.69) is 42.6 Å². The first-order chi connectivity index (χ1) is 21.5. The summed E-state index contributed by atoms with van der Waals surface area (Å²) in [7, 11) is 2.07. The van der Waals surface area contributed by atoms with Crippen LogP contribution in [0.15, 0.2) is 47.3 Å². The van der Waals surface area contributed by atoms with Gasteiger partial charge < -0.3 is 24.6 Å². The van der Waals surface area contributed by atoms with E-state index in [-0.39, 0.29) is 48.0 Å². The fourth-order valence-corrected chi connectivity index (χ4v) is 8.34. The summed E-state index contributed by atoms with van der Waals surface area (Å²) in [5.41, 5.74) is 2.99. The van der Waals surface area contributed by atoms with Gasteiger partial charge >= 0.3 is 5.69 Å². The van der Waals surface area contributed by atoms with Crippen LogP contribution in [0.4, 0.5) is 10.1 Å². The van der Waals surface area contributed by atoms with E-state index < -0.39 is 5.25 Å². The molecule has 0 aliphatic carbocycles. The second kappa shape index (κ2) is 12.8. The summed E-state index contributed by atoms with van der Waals surface area (Å²) >= 11 is 1.49. The van der Waals surface area contributed by atoms with Crippen LogP contribution in [0, 0.1) is 11.2 Å². The number of likely N-dealkylation sites (tertiary alicyclic amines) is 1. The number of piperidine rings is 1. The first-order valence-electron chi connectivity index (χ1n) is 16.1. The summed E-state index contributed by atoms with van der Waals surface area (Å²) in [4.78, 5) is 51.4. The van der Waals surface area contributed by atoms with Gasteiger partial charge in [0.1, 0.15) is 11.2 Å². The molecular formula is C34H47FN6O3S. The standard InChI is InChI=1S/C34H45FN6O3S.H2/c1-34(2,3)14-17-40-31(43)28(45-32(40)24-8-7-9-25(35)30(24)39-20-18-37(4)19-21-39)22-29(42)38-15-12-23(13-16-38)41-27-11-6-5-10-26(27)36-33(41)44;/h5-11,23,28,32H,12-22H2,1-4H3,(H,36,44);1H. The minimum atomic E-state index is -0.528. The molecule has 1 N–H and O–H groups in total. The normalized spacial score (nSPS) is 22.2. The molecule has 2 atom stereocenters. The number of halogens is 1. The first kappa shape index (κ1) is 31.7. The lowest BCUT2D eigenvalue weighted by molar-refractivity contribution is -0.136. The minimum absolute atomic E-state index is 0. The Hall–Kier alpha value is -3.31. The zero-order valence-electron chi connectivity index (χ0n) is 26.8. The van der Waals surface area contributed by atoms with Crippen LogP contribution in [0.3, 0.4) is 0 Å². The number of para-hydroxylation sites is 3. The van der Waals surface area contributed by atoms with Gasteiger partial charge in [0.15, 0.2) is 0 Å². The molecule has 2 amide bonds. The Morgan fingerprint density at radius 3 is 2.42 bits per heavy atom. The van der Waals surface area contributed by atoms with Gasteiger partial charge in [-0.25, -0.2) is 9.18 Å². The molecule has 11 heteroatoms. The number of rotatable bonds is 7. The Morgan fingerprint density at radius 2 is 1.71 bits per heavy atom. The van der Waals surface area contributed by atoms with E-state index in [1.807, 2.05) is 44.7 Å². The molecule has 2 unspecified atom stereocenters. The number of hydrogen-bond acceptors (Lipinski definition) is 6. The molecule has 3 aliphatic rings. The van der Waals surface area contributed by atoms with Gasteiger partial charge in [0.25, 0.3) is 0 Å². The van der Waals surface area contributed by atoms with Crippen LogP contribution in [-0.2, 0) is 9.59 Å². The molecule has 3 aromatic rings. The third-order valence-electron chi connectivity index (χ3n) is 9.51. The van der Waals surface area contributed by atoms with Crippen LogP contribution in [0.1, 0.15) is 64.9 Å². The predicted molar refractivity (Wildman–Crippen MR) is 180 cm³/mol. The first-order valence-corrected chi connectivity index (χ1v) is 17.1. The zero-order valence-corrected chi connectivity index (χ0v) is 27.6. The van der Waals surface area contributed by atoms with Crippen LogP contribution in [0.25, 0.3) is 11.0 Å². The van der Waals surface area contributed by atoms with Crippen molar-refractivity contribution in [3.8, 4) is 0 Å². The number of aromatic nitrogens is 2. The lowest BCUT2D eigenvalue weighted by atomic mass is 9.92. The third kappa shape index (κ3) is 6.65. The molecule has 4 heterocycles. The predicted octanol–water partition coefficient (Wildman–Crippen LogP) is 5.10. The van der Waals surface area contributed by atoms with Crippen LogP contribution < -0.4 is 10.6 Å². The smallest absolute Gasteiger partial charge is 0.326 e. The van der Waals surface area contributed by atoms with Gasteiger partial charge in [-0.05, 0) is 49.9 Å². The number of thioether (sulfide) groups is 1. The van der Waals surface area contributed by atoms with E-state index in [0.717, 1.165) is 49.2 Å². The average Bonchev–Trinajstić information content (AvgIpc) is 3.51. The number of benzene rings is 2. The zero-order chi connectivity index (χ0) is 31.9. The van der Waals surface area contributed by atoms with E-state index in [1.165, 1.54) is 17.8 Å². The Balaban J connectivity index is 0.00000417. The molecule has 3 fully saturated rings. The molecule has 1 aromatic heterocycles. The molecule has 9 nitrogen and oxygen atoms in total. The Kier molecular flexibility index (Phi) is 9.03. The summed E-state index contributed by atoms with van der Waals surface area (Å²) in [6, 6.07) is 12.9. The maximum Gasteiger partial charge on any atom is 0.326 e. The van der Waals surface area contributed by atoms with Gasteiger partial charge in [0.2, 0.25) is 11.8 Å². The van der Waals surface area contributed by atoms with Crippen LogP contribution in [-0.4, -0.2) is 94.2 Å². The van der Waals surface area contributed by atoms with E-state index in [9.17, 15) is 14.4 Å². The van der Waals surface area contributed by atoms with Crippen molar-refractivity contribution in [2.45, 2.75) is 63.1 Å². The number of carbonyl (C=O) groups excluding carboxylic acids is 2. The number of aromatic amines is 1. The molecule has 0 saturated carbocycles. The van der Waals surface area contributed by atoms with Gasteiger partial charge in [-0.2, -0.15) is 0 Å². The van der Waals surface area contributed by atoms with E-state index in [4.69, 9.17) is 0 Å². The lowest BCUT2D eigenvalue weighted by Crippen LogP contribution is -2.45. The van der Waals surface area contributed by atoms with Crippen molar-refractivity contribution in [2.75, 3.05) is 57.8 Å². The number of H-pyrrole nitrogens is 1. The van der Waals surface area contributed by atoms with Crippen molar-refractivity contribution in [2.24, 2.45) is 5.41 Å². The molecule has 244 valence electrons. The van der Waals surface area contributed by atoms with Crippen molar-refractivity contribution in [1.29, 1.82) is 0 Å². The average molecular weight is 639 g/mol. The summed E-state index contributed by atoms with van der Waals surface area (Å²) in [5, 5.41) is -0.887. The number of nitrogens with one attached hydrogen (secondary N) is 1. The van der Waals surface area contributed by atoms with Crippen molar-refractivity contribution in [3.63, 3.8) is 0 Å². The number of anilines is 1. The highest BCUT2D eigenvalue weighted by atomic mass is 32.2. The number of hydrogen-bond donors (Lipinski definition) is 1. The van der Waals surface area contributed by atoms with E-state index in [0.29, 0.717) is 38.2 Å². The fraction of sp³-hybridized carbons (Fsp3) is 0.559. The number of likely N-dealkylation sites (N-methyl/N-ethyl adjacent to an activating group) is 1. The number of imidazole rings is 1. The van der Waals surface area contributed by atoms with Crippen molar-refractivity contribution >= 4 is 40.3 Å². The van der Waals surface area contributed by atoms with Gasteiger partial charge in [0, 0.05) is 65.3 Å². The topological polar surface area (TPSA) is 84.9 Å². The Labute approximate surface area is 270 Å². The number of nitrogens with zero attached hydrogens (tertiary/aromatic N) is 5. The highest BCUT2D eigenvalue weighted by Gasteiger charge is 2.44. The Bertz CT molecular complexity index is 1610. The number of piperazine rings is 1. The third-order valence-corrected chi connectivity index (χ3v) is 11.0. The molecule has 3 saturated heterocycles. The molecule has 0 radical (unpaired) electrons. The molecule has 0 bridgehead atoms. The summed E-state index contributed by atoms with van der Waals surface area (Å²) in [6.07, 6.45) is 2.27. The van der Waals surface area contributed by atoms with Crippen LogP contribution in [0.2, 0.25) is 0 Å². The Morgan fingerprint density at radius 1 is 1.00 bits per heavy atom. The van der Waals surface area contributed by atoms with Gasteiger partial charge in [-0.15, -0.1) is 11.8 Å². The summed E-state index contributed by atoms with van der Waals surface area (Å²) in [6.45, 7) is 11.2. The van der Waals surface area contributed by atoms with Gasteiger partial charge in [0.05, 0.1) is 22.0 Å². The van der Waals surface area contributed by atoms with Gasteiger partial charge in [-0.3, -0.25) is 14.2 Å². The second-order valence-corrected chi connectivity index (χ2v) is 15.2. The molecule has 2 aromatic carbocycles. The molecule has 45 heavy (non-hydrogen) atoms. The second-order valence-electron chi connectivity index (χ2n) is 13.9. The van der Waals surface area contributed by atoms with Crippen molar-refractivity contribution < 1.29 is 15.4 Å². The van der Waals surface area contributed by atoms with E-state index >= 15 is 4.39 Å².